The molecule has 0 bridgehead atoms. The summed E-state index contributed by atoms with van der Waals surface area (Å²) in [5, 5.41) is 9.56. The monoisotopic (exact) mass is 344 g/mol. The fraction of sp³-hybridized carbons (Fsp3) is 0.526. The molecule has 3 rings (SSSR count). The van der Waals surface area contributed by atoms with E-state index >= 15 is 0 Å². The highest BCUT2D eigenvalue weighted by molar-refractivity contribution is 5.89. The minimum atomic E-state index is -0.921. The summed E-state index contributed by atoms with van der Waals surface area (Å²) in [5.74, 6) is -1.74. The van der Waals surface area contributed by atoms with E-state index < -0.39 is 17.9 Å². The molecule has 6 nitrogen and oxygen atoms in total. The summed E-state index contributed by atoms with van der Waals surface area (Å²) in [4.78, 5) is 40.3. The summed E-state index contributed by atoms with van der Waals surface area (Å²) < 4.78 is 0. The smallest absolute Gasteiger partial charge is 0.312 e. The minimum absolute atomic E-state index is 0.0190. The fourth-order valence-corrected chi connectivity index (χ4v) is 3.88. The Morgan fingerprint density at radius 3 is 2.72 bits per heavy atom. The van der Waals surface area contributed by atoms with Crippen molar-refractivity contribution < 1.29 is 19.5 Å². The number of hydrogen-bond acceptors (Lipinski definition) is 3. The molecule has 0 aromatic heterocycles. The number of fused-ring (bicyclic) bond motifs is 1. The summed E-state index contributed by atoms with van der Waals surface area (Å²) in [5.41, 5.74) is 1.66. The van der Waals surface area contributed by atoms with Crippen LogP contribution in [0.15, 0.2) is 24.3 Å². The second kappa shape index (κ2) is 7.25. The van der Waals surface area contributed by atoms with Gasteiger partial charge >= 0.3 is 5.97 Å². The van der Waals surface area contributed by atoms with E-state index in [-0.39, 0.29) is 18.4 Å². The number of rotatable bonds is 4. The Bertz CT molecular complexity index is 688. The van der Waals surface area contributed by atoms with Crippen LogP contribution in [-0.4, -0.2) is 51.8 Å². The van der Waals surface area contributed by atoms with E-state index in [4.69, 9.17) is 0 Å². The van der Waals surface area contributed by atoms with Gasteiger partial charge in [-0.05, 0) is 30.4 Å². The maximum absolute atomic E-state index is 13.0. The molecule has 0 radical (unpaired) electrons. The molecule has 2 atom stereocenters. The van der Waals surface area contributed by atoms with E-state index in [0.717, 1.165) is 24.0 Å². The van der Waals surface area contributed by atoms with Crippen LogP contribution in [0.4, 0.5) is 0 Å². The molecule has 1 aromatic rings. The van der Waals surface area contributed by atoms with Crippen molar-refractivity contribution in [3.8, 4) is 0 Å². The first-order valence-electron chi connectivity index (χ1n) is 8.91. The van der Waals surface area contributed by atoms with Gasteiger partial charge in [-0.15, -0.1) is 0 Å². The molecule has 0 aliphatic carbocycles. The molecule has 1 saturated heterocycles. The van der Waals surface area contributed by atoms with Crippen molar-refractivity contribution in [2.75, 3.05) is 13.1 Å². The van der Waals surface area contributed by atoms with Crippen LogP contribution in [0, 0.1) is 0 Å². The maximum atomic E-state index is 13.0. The molecular formula is C19H24N2O4. The summed E-state index contributed by atoms with van der Waals surface area (Å²) in [7, 11) is 0. The van der Waals surface area contributed by atoms with Gasteiger partial charge in [0, 0.05) is 26.1 Å². The molecule has 1 N–H and O–H groups in total. The third-order valence-electron chi connectivity index (χ3n) is 5.13. The Morgan fingerprint density at radius 1 is 1.24 bits per heavy atom. The van der Waals surface area contributed by atoms with E-state index in [1.807, 2.05) is 31.2 Å². The predicted molar refractivity (Wildman–Crippen MR) is 91.9 cm³/mol. The number of carbonyl (C=O) groups is 3. The van der Waals surface area contributed by atoms with Crippen molar-refractivity contribution in [1.29, 1.82) is 0 Å². The average Bonchev–Trinajstić information content (AvgIpc) is 3.10. The van der Waals surface area contributed by atoms with Crippen LogP contribution >= 0.6 is 0 Å². The molecule has 1 aromatic carbocycles. The van der Waals surface area contributed by atoms with E-state index in [9.17, 15) is 19.5 Å². The first-order valence-corrected chi connectivity index (χ1v) is 8.91. The summed E-state index contributed by atoms with van der Waals surface area (Å²) in [6.07, 6.45) is 2.68. The topological polar surface area (TPSA) is 77.9 Å². The Morgan fingerprint density at radius 2 is 2.00 bits per heavy atom. The molecule has 2 aliphatic rings. The van der Waals surface area contributed by atoms with Gasteiger partial charge in [-0.25, -0.2) is 0 Å². The molecule has 134 valence electrons. The van der Waals surface area contributed by atoms with Crippen LogP contribution < -0.4 is 0 Å². The number of carbonyl (C=O) groups excluding carboxylic acids is 2. The quantitative estimate of drug-likeness (QED) is 0.906. The molecule has 2 aliphatic heterocycles. The number of amides is 2. The lowest BCUT2D eigenvalue weighted by Crippen LogP contribution is -2.50. The van der Waals surface area contributed by atoms with E-state index in [1.54, 1.807) is 9.80 Å². The minimum Gasteiger partial charge on any atom is -0.481 e. The molecule has 0 spiro atoms. The Balaban J connectivity index is 1.81. The van der Waals surface area contributed by atoms with Gasteiger partial charge in [0.2, 0.25) is 11.8 Å². The lowest BCUT2D eigenvalue weighted by atomic mass is 9.89. The van der Waals surface area contributed by atoms with Gasteiger partial charge in [0.25, 0.3) is 0 Å². The van der Waals surface area contributed by atoms with Crippen molar-refractivity contribution in [3.05, 3.63) is 35.4 Å². The van der Waals surface area contributed by atoms with Gasteiger partial charge in [0.15, 0.2) is 0 Å². The summed E-state index contributed by atoms with van der Waals surface area (Å²) in [6, 6.07) is 6.94. The second-order valence-electron chi connectivity index (χ2n) is 6.80. The van der Waals surface area contributed by atoms with Crippen molar-refractivity contribution in [1.82, 2.24) is 9.80 Å². The van der Waals surface area contributed by atoms with Crippen LogP contribution in [0.1, 0.15) is 49.7 Å². The lowest BCUT2D eigenvalue weighted by Gasteiger charge is -2.36. The Kier molecular flexibility index (Phi) is 5.06. The third kappa shape index (κ3) is 3.38. The zero-order valence-electron chi connectivity index (χ0n) is 14.5. The van der Waals surface area contributed by atoms with Gasteiger partial charge in [-0.1, -0.05) is 31.2 Å². The predicted octanol–water partition coefficient (Wildman–Crippen LogP) is 1.99. The molecule has 6 heteroatoms. The lowest BCUT2D eigenvalue weighted by molar-refractivity contribution is -0.147. The molecule has 2 amide bonds. The highest BCUT2D eigenvalue weighted by atomic mass is 16.4. The number of benzene rings is 1. The molecule has 2 unspecified atom stereocenters. The Hall–Kier alpha value is -2.37. The van der Waals surface area contributed by atoms with Gasteiger partial charge in [-0.2, -0.15) is 0 Å². The standard InChI is InChI=1S/C19H24N2O4/c1-2-6-17(22)21-10-5-9-16(21)18(23)20-11-13-7-3-4-8-14(13)15(12-20)19(24)25/h3-4,7-8,15-16H,2,5-6,9-12H2,1H3,(H,24,25). The first kappa shape index (κ1) is 17.5. The van der Waals surface area contributed by atoms with Gasteiger partial charge < -0.3 is 14.9 Å². The largest absolute Gasteiger partial charge is 0.481 e. The van der Waals surface area contributed by atoms with Crippen LogP contribution in [0.25, 0.3) is 0 Å². The number of aliphatic carboxylic acids is 1. The van der Waals surface area contributed by atoms with Crippen LogP contribution in [0.2, 0.25) is 0 Å². The van der Waals surface area contributed by atoms with Crippen molar-refractivity contribution >= 4 is 17.8 Å². The van der Waals surface area contributed by atoms with Crippen LogP contribution in [0.5, 0.6) is 0 Å². The van der Waals surface area contributed by atoms with Crippen LogP contribution in [0.3, 0.4) is 0 Å². The van der Waals surface area contributed by atoms with Crippen molar-refractivity contribution in [3.63, 3.8) is 0 Å². The third-order valence-corrected chi connectivity index (χ3v) is 5.13. The molecule has 0 saturated carbocycles. The Labute approximate surface area is 147 Å². The van der Waals surface area contributed by atoms with Crippen LogP contribution in [-0.2, 0) is 20.9 Å². The number of carboxylic acid groups (broad SMARTS) is 1. The molecule has 2 heterocycles. The normalized spacial score (nSPS) is 22.6. The number of likely N-dealkylation sites (tertiary alicyclic amines) is 1. The molecular weight excluding hydrogens is 320 g/mol. The van der Waals surface area contributed by atoms with Gasteiger partial charge in [0.05, 0.1) is 5.92 Å². The van der Waals surface area contributed by atoms with Crippen molar-refractivity contribution in [2.24, 2.45) is 0 Å². The zero-order chi connectivity index (χ0) is 18.0. The van der Waals surface area contributed by atoms with E-state index in [0.29, 0.717) is 25.9 Å². The van der Waals surface area contributed by atoms with E-state index in [1.165, 1.54) is 0 Å². The maximum Gasteiger partial charge on any atom is 0.312 e. The zero-order valence-corrected chi connectivity index (χ0v) is 14.5. The average molecular weight is 344 g/mol. The highest BCUT2D eigenvalue weighted by Gasteiger charge is 2.39. The summed E-state index contributed by atoms with van der Waals surface area (Å²) >= 11 is 0. The molecule has 25 heavy (non-hydrogen) atoms. The van der Waals surface area contributed by atoms with Crippen molar-refractivity contribution in [2.45, 2.75) is 51.1 Å². The van der Waals surface area contributed by atoms with E-state index in [2.05, 4.69) is 0 Å². The number of nitrogens with zero attached hydrogens (tertiary/aromatic N) is 2. The SMILES string of the molecule is CCCC(=O)N1CCCC1C(=O)N1Cc2ccccc2C(C(=O)O)C1. The first-order chi connectivity index (χ1) is 12.0. The van der Waals surface area contributed by atoms with Gasteiger partial charge in [-0.3, -0.25) is 14.4 Å². The molecule has 1 fully saturated rings. The highest BCUT2D eigenvalue weighted by Crippen LogP contribution is 2.30. The van der Waals surface area contributed by atoms with Gasteiger partial charge in [0.1, 0.15) is 6.04 Å². The summed E-state index contributed by atoms with van der Waals surface area (Å²) in [6.45, 7) is 3.13. The second-order valence-corrected chi connectivity index (χ2v) is 6.80. The number of carboxylic acids is 1. The fourth-order valence-electron chi connectivity index (χ4n) is 3.88. The number of hydrogen-bond donors (Lipinski definition) is 1.